The monoisotopic (exact) mass is 371 g/mol. The first-order chi connectivity index (χ1) is 12.0. The molecule has 1 fully saturated rings. The Morgan fingerprint density at radius 1 is 1.08 bits per heavy atom. The van der Waals surface area contributed by atoms with Gasteiger partial charge >= 0.3 is 0 Å². The Bertz CT molecular complexity index is 859. The van der Waals surface area contributed by atoms with Gasteiger partial charge in [0.2, 0.25) is 0 Å². The standard InChI is InChI=1S/C19H17NO3S2/c1-12-4-6-14(7-5-12)20-18(21)17(25-19(20)24)11-13-10-15(22-2)8-9-16(13)23-3/h4-11H,1-3H3/b17-11-. The van der Waals surface area contributed by atoms with E-state index in [0.29, 0.717) is 20.7 Å². The predicted molar refractivity (Wildman–Crippen MR) is 106 cm³/mol. The van der Waals surface area contributed by atoms with Crippen LogP contribution in [-0.4, -0.2) is 24.4 Å². The van der Waals surface area contributed by atoms with E-state index in [-0.39, 0.29) is 5.91 Å². The van der Waals surface area contributed by atoms with Crippen molar-refractivity contribution < 1.29 is 14.3 Å². The van der Waals surface area contributed by atoms with Crippen molar-refractivity contribution in [3.63, 3.8) is 0 Å². The molecule has 1 saturated heterocycles. The van der Waals surface area contributed by atoms with Crippen molar-refractivity contribution in [3.05, 3.63) is 58.5 Å². The van der Waals surface area contributed by atoms with Gasteiger partial charge in [0.25, 0.3) is 5.91 Å². The van der Waals surface area contributed by atoms with Gasteiger partial charge in [-0.3, -0.25) is 9.69 Å². The van der Waals surface area contributed by atoms with Gasteiger partial charge in [0.05, 0.1) is 24.8 Å². The molecule has 0 aromatic heterocycles. The van der Waals surface area contributed by atoms with E-state index in [9.17, 15) is 4.79 Å². The van der Waals surface area contributed by atoms with E-state index in [1.54, 1.807) is 25.2 Å². The fraction of sp³-hybridized carbons (Fsp3) is 0.158. The van der Waals surface area contributed by atoms with Gasteiger partial charge in [0.1, 0.15) is 11.5 Å². The van der Waals surface area contributed by atoms with Crippen molar-refractivity contribution in [2.45, 2.75) is 6.92 Å². The zero-order valence-corrected chi connectivity index (χ0v) is 15.7. The lowest BCUT2D eigenvalue weighted by Gasteiger charge is -2.14. The topological polar surface area (TPSA) is 38.8 Å². The van der Waals surface area contributed by atoms with Crippen molar-refractivity contribution in [2.24, 2.45) is 0 Å². The Labute approximate surface area is 156 Å². The summed E-state index contributed by atoms with van der Waals surface area (Å²) in [5.74, 6) is 1.23. The lowest BCUT2D eigenvalue weighted by Crippen LogP contribution is -2.27. The Hall–Kier alpha value is -2.31. The van der Waals surface area contributed by atoms with Crippen LogP contribution in [0, 0.1) is 6.92 Å². The lowest BCUT2D eigenvalue weighted by molar-refractivity contribution is -0.113. The number of aryl methyl sites for hydroxylation is 1. The molecule has 3 rings (SSSR count). The summed E-state index contributed by atoms with van der Waals surface area (Å²) in [7, 11) is 3.19. The smallest absolute Gasteiger partial charge is 0.270 e. The maximum atomic E-state index is 12.8. The molecule has 0 saturated carbocycles. The second kappa shape index (κ2) is 7.29. The summed E-state index contributed by atoms with van der Waals surface area (Å²) in [6, 6.07) is 13.2. The van der Waals surface area contributed by atoms with Gasteiger partial charge in [0.15, 0.2) is 4.32 Å². The number of hydrogen-bond donors (Lipinski definition) is 0. The normalized spacial score (nSPS) is 15.8. The van der Waals surface area contributed by atoms with E-state index in [2.05, 4.69) is 0 Å². The molecule has 0 bridgehead atoms. The predicted octanol–water partition coefficient (Wildman–Crippen LogP) is 4.42. The van der Waals surface area contributed by atoms with E-state index < -0.39 is 0 Å². The Kier molecular flexibility index (Phi) is 5.11. The van der Waals surface area contributed by atoms with Crippen molar-refractivity contribution >= 4 is 46.0 Å². The van der Waals surface area contributed by atoms with Crippen LogP contribution in [0.1, 0.15) is 11.1 Å². The number of ether oxygens (including phenoxy) is 2. The molecule has 0 unspecified atom stereocenters. The first kappa shape index (κ1) is 17.5. The number of anilines is 1. The highest BCUT2D eigenvalue weighted by molar-refractivity contribution is 8.27. The van der Waals surface area contributed by atoms with Crippen LogP contribution in [0.3, 0.4) is 0 Å². The molecule has 0 spiro atoms. The molecule has 6 heteroatoms. The number of benzene rings is 2. The molecule has 1 aliphatic rings. The first-order valence-electron chi connectivity index (χ1n) is 7.60. The number of thioether (sulfide) groups is 1. The summed E-state index contributed by atoms with van der Waals surface area (Å²) in [6.45, 7) is 2.00. The molecule has 25 heavy (non-hydrogen) atoms. The number of nitrogens with zero attached hydrogens (tertiary/aromatic N) is 1. The van der Waals surface area contributed by atoms with Gasteiger partial charge in [-0.15, -0.1) is 0 Å². The summed E-state index contributed by atoms with van der Waals surface area (Å²) in [4.78, 5) is 14.9. The summed E-state index contributed by atoms with van der Waals surface area (Å²) in [5, 5.41) is 0. The van der Waals surface area contributed by atoms with Gasteiger partial charge in [-0.1, -0.05) is 41.7 Å². The van der Waals surface area contributed by atoms with E-state index in [0.717, 1.165) is 16.8 Å². The van der Waals surface area contributed by atoms with Crippen LogP contribution in [0.2, 0.25) is 0 Å². The number of carbonyl (C=O) groups is 1. The number of thiocarbonyl (C=S) groups is 1. The SMILES string of the molecule is COc1ccc(OC)c(/C=C2\SC(=S)N(c3ccc(C)cc3)C2=O)c1. The highest BCUT2D eigenvalue weighted by Gasteiger charge is 2.33. The maximum absolute atomic E-state index is 12.8. The van der Waals surface area contributed by atoms with Crippen LogP contribution in [0.15, 0.2) is 47.4 Å². The second-order valence-electron chi connectivity index (χ2n) is 5.46. The van der Waals surface area contributed by atoms with Gasteiger partial charge in [0, 0.05) is 5.56 Å². The third-order valence-electron chi connectivity index (χ3n) is 3.81. The van der Waals surface area contributed by atoms with E-state index in [1.807, 2.05) is 49.4 Å². The number of methoxy groups -OCH3 is 2. The number of carbonyl (C=O) groups excluding carboxylic acids is 1. The largest absolute Gasteiger partial charge is 0.497 e. The highest BCUT2D eigenvalue weighted by atomic mass is 32.2. The minimum absolute atomic E-state index is 0.135. The Morgan fingerprint density at radius 3 is 2.44 bits per heavy atom. The zero-order valence-electron chi connectivity index (χ0n) is 14.1. The number of hydrogen-bond acceptors (Lipinski definition) is 5. The third kappa shape index (κ3) is 3.55. The molecular weight excluding hydrogens is 354 g/mol. The molecule has 4 nitrogen and oxygen atoms in total. The molecule has 1 amide bonds. The molecule has 0 aliphatic carbocycles. The molecule has 0 radical (unpaired) electrons. The van der Waals surface area contributed by atoms with Gasteiger partial charge in [-0.25, -0.2) is 0 Å². The fourth-order valence-electron chi connectivity index (χ4n) is 2.48. The van der Waals surface area contributed by atoms with Crippen molar-refractivity contribution in [3.8, 4) is 11.5 Å². The lowest BCUT2D eigenvalue weighted by atomic mass is 10.1. The summed E-state index contributed by atoms with van der Waals surface area (Å²) < 4.78 is 11.1. The average Bonchev–Trinajstić information content (AvgIpc) is 2.89. The van der Waals surface area contributed by atoms with Crippen molar-refractivity contribution in [2.75, 3.05) is 19.1 Å². The van der Waals surface area contributed by atoms with Crippen LogP contribution in [-0.2, 0) is 4.79 Å². The maximum Gasteiger partial charge on any atom is 0.270 e. The quantitative estimate of drug-likeness (QED) is 0.588. The van der Waals surface area contributed by atoms with Crippen LogP contribution < -0.4 is 14.4 Å². The molecular formula is C19H17NO3S2. The van der Waals surface area contributed by atoms with Crippen LogP contribution in [0.4, 0.5) is 5.69 Å². The summed E-state index contributed by atoms with van der Waals surface area (Å²) >= 11 is 6.69. The van der Waals surface area contributed by atoms with Crippen molar-refractivity contribution in [1.82, 2.24) is 0 Å². The molecule has 1 heterocycles. The number of rotatable bonds is 4. The zero-order chi connectivity index (χ0) is 18.0. The minimum atomic E-state index is -0.135. The van der Waals surface area contributed by atoms with Crippen molar-refractivity contribution in [1.29, 1.82) is 0 Å². The molecule has 1 aliphatic heterocycles. The van der Waals surface area contributed by atoms with Gasteiger partial charge < -0.3 is 9.47 Å². The summed E-state index contributed by atoms with van der Waals surface area (Å²) in [5.41, 5.74) is 2.67. The third-order valence-corrected chi connectivity index (χ3v) is 5.11. The molecule has 2 aromatic rings. The van der Waals surface area contributed by atoms with Crippen LogP contribution in [0.25, 0.3) is 6.08 Å². The molecule has 128 valence electrons. The molecule has 0 atom stereocenters. The van der Waals surface area contributed by atoms with Gasteiger partial charge in [-0.2, -0.15) is 0 Å². The fourth-order valence-corrected chi connectivity index (χ4v) is 3.77. The van der Waals surface area contributed by atoms with E-state index in [4.69, 9.17) is 21.7 Å². The van der Waals surface area contributed by atoms with Gasteiger partial charge in [-0.05, 0) is 43.3 Å². The van der Waals surface area contributed by atoms with E-state index >= 15 is 0 Å². The van der Waals surface area contributed by atoms with Crippen LogP contribution in [0.5, 0.6) is 11.5 Å². The molecule has 2 aromatic carbocycles. The van der Waals surface area contributed by atoms with E-state index in [1.165, 1.54) is 11.8 Å². The summed E-state index contributed by atoms with van der Waals surface area (Å²) in [6.07, 6.45) is 1.79. The second-order valence-corrected chi connectivity index (χ2v) is 7.14. The highest BCUT2D eigenvalue weighted by Crippen LogP contribution is 2.37. The first-order valence-corrected chi connectivity index (χ1v) is 8.82. The Balaban J connectivity index is 1.97. The average molecular weight is 371 g/mol. The van der Waals surface area contributed by atoms with Crippen LogP contribution >= 0.6 is 24.0 Å². The molecule has 0 N–H and O–H groups in total. The Morgan fingerprint density at radius 2 is 1.80 bits per heavy atom. The minimum Gasteiger partial charge on any atom is -0.497 e. The number of amides is 1.